The Morgan fingerprint density at radius 1 is 1.33 bits per heavy atom. The second kappa shape index (κ2) is 9.72. The molecule has 3 rings (SSSR count). The van der Waals surface area contributed by atoms with Crippen LogP contribution in [0.2, 0.25) is 5.02 Å². The standard InChI is InChI=1S/C21H28ClN5O5S/c1-6-27(21(28)29)33(30,31)23-12-18(32-13(2)3)19-14(4)24-25(5)20(19)26-10-9-15-11-16(22)7-8-17(15)26/h7-11,13,18,23H,6,12H2,1-5H3,(H,28,29). The van der Waals surface area contributed by atoms with E-state index in [0.717, 1.165) is 10.9 Å². The van der Waals surface area contributed by atoms with Crippen LogP contribution < -0.4 is 4.72 Å². The van der Waals surface area contributed by atoms with Gasteiger partial charge in [0.25, 0.3) is 0 Å². The maximum absolute atomic E-state index is 12.6. The fourth-order valence-electron chi connectivity index (χ4n) is 3.84. The number of benzene rings is 1. The van der Waals surface area contributed by atoms with Crippen molar-refractivity contribution in [2.24, 2.45) is 7.05 Å². The number of hydrogen-bond donors (Lipinski definition) is 2. The minimum atomic E-state index is -4.27. The van der Waals surface area contributed by atoms with Crippen LogP contribution >= 0.6 is 11.6 Å². The number of ether oxygens (including phenoxy) is 1. The van der Waals surface area contributed by atoms with Gasteiger partial charge in [-0.15, -0.1) is 0 Å². The van der Waals surface area contributed by atoms with E-state index in [9.17, 15) is 18.3 Å². The highest BCUT2D eigenvalue weighted by Crippen LogP contribution is 2.32. The monoisotopic (exact) mass is 497 g/mol. The molecule has 0 bridgehead atoms. The van der Waals surface area contributed by atoms with Gasteiger partial charge in [-0.2, -0.15) is 22.5 Å². The van der Waals surface area contributed by atoms with Crippen molar-refractivity contribution in [2.45, 2.75) is 39.9 Å². The SMILES string of the molecule is CCN(C(=O)O)S(=O)(=O)NCC(OC(C)C)c1c(C)nn(C)c1-n1ccc2cc(Cl)ccc21. The molecule has 3 aromatic rings. The highest BCUT2D eigenvalue weighted by atomic mass is 35.5. The number of halogens is 1. The molecular weight excluding hydrogens is 470 g/mol. The van der Waals surface area contributed by atoms with Crippen molar-refractivity contribution < 1.29 is 23.1 Å². The Balaban J connectivity index is 2.06. The van der Waals surface area contributed by atoms with E-state index < -0.39 is 22.4 Å². The molecule has 0 aliphatic heterocycles. The molecule has 33 heavy (non-hydrogen) atoms. The van der Waals surface area contributed by atoms with Crippen LogP contribution in [0.1, 0.15) is 38.1 Å². The number of amides is 1. The highest BCUT2D eigenvalue weighted by molar-refractivity contribution is 7.87. The van der Waals surface area contributed by atoms with Gasteiger partial charge in [-0.05, 0) is 52.0 Å². The molecule has 0 fully saturated rings. The molecule has 0 radical (unpaired) electrons. The smallest absolute Gasteiger partial charge is 0.422 e. The summed E-state index contributed by atoms with van der Waals surface area (Å²) in [7, 11) is -2.47. The molecule has 10 nitrogen and oxygen atoms in total. The summed E-state index contributed by atoms with van der Waals surface area (Å²) in [5.41, 5.74) is 2.26. The van der Waals surface area contributed by atoms with Crippen molar-refractivity contribution in [1.82, 2.24) is 23.4 Å². The number of nitrogens with zero attached hydrogens (tertiary/aromatic N) is 4. The van der Waals surface area contributed by atoms with Crippen LogP contribution in [0.25, 0.3) is 16.7 Å². The van der Waals surface area contributed by atoms with Gasteiger partial charge < -0.3 is 14.4 Å². The van der Waals surface area contributed by atoms with Crippen LogP contribution in [0.3, 0.4) is 0 Å². The Hall–Kier alpha value is -2.60. The van der Waals surface area contributed by atoms with Crippen LogP contribution in [-0.2, 0) is 22.0 Å². The second-order valence-corrected chi connectivity index (χ2v) is 9.93. The van der Waals surface area contributed by atoms with Crippen molar-refractivity contribution >= 4 is 38.8 Å². The Bertz CT molecular complexity index is 1270. The lowest BCUT2D eigenvalue weighted by Crippen LogP contribution is -2.45. The number of carboxylic acid groups (broad SMARTS) is 1. The molecule has 0 saturated carbocycles. The number of aryl methyl sites for hydroxylation is 2. The van der Waals surface area contributed by atoms with Crippen LogP contribution in [0, 0.1) is 6.92 Å². The van der Waals surface area contributed by atoms with Crippen molar-refractivity contribution in [2.75, 3.05) is 13.1 Å². The summed E-state index contributed by atoms with van der Waals surface area (Å²) in [4.78, 5) is 11.3. The third-order valence-electron chi connectivity index (χ3n) is 5.12. The maximum Gasteiger partial charge on any atom is 0.422 e. The van der Waals surface area contributed by atoms with Gasteiger partial charge in [0.2, 0.25) is 0 Å². The molecule has 12 heteroatoms. The minimum absolute atomic E-state index is 0.172. The summed E-state index contributed by atoms with van der Waals surface area (Å²) in [5.74, 6) is 0.709. The van der Waals surface area contributed by atoms with Gasteiger partial charge in [0, 0.05) is 42.3 Å². The number of aromatic nitrogens is 3. The van der Waals surface area contributed by atoms with Crippen molar-refractivity contribution in [3.8, 4) is 5.82 Å². The number of nitrogens with one attached hydrogen (secondary N) is 1. The molecule has 2 aromatic heterocycles. The lowest BCUT2D eigenvalue weighted by atomic mass is 10.1. The van der Waals surface area contributed by atoms with Crippen LogP contribution in [0.4, 0.5) is 4.79 Å². The number of carbonyl (C=O) groups is 1. The molecule has 0 saturated heterocycles. The third kappa shape index (κ3) is 5.16. The maximum atomic E-state index is 12.6. The first-order valence-electron chi connectivity index (χ1n) is 10.4. The molecule has 0 aliphatic rings. The Kier molecular flexibility index (Phi) is 7.37. The lowest BCUT2D eigenvalue weighted by Gasteiger charge is -2.24. The fraction of sp³-hybridized carbons (Fsp3) is 0.429. The first-order chi connectivity index (χ1) is 15.5. The van der Waals surface area contributed by atoms with E-state index in [1.807, 2.05) is 49.7 Å². The van der Waals surface area contributed by atoms with Gasteiger partial charge in [-0.3, -0.25) is 4.68 Å². The molecular formula is C21H28ClN5O5S. The predicted octanol–water partition coefficient (Wildman–Crippen LogP) is 3.63. The minimum Gasteiger partial charge on any atom is -0.464 e. The van der Waals surface area contributed by atoms with Gasteiger partial charge in [-0.25, -0.2) is 4.79 Å². The molecule has 1 atom stereocenters. The Morgan fingerprint density at radius 2 is 2.03 bits per heavy atom. The van der Waals surface area contributed by atoms with E-state index in [1.165, 1.54) is 6.92 Å². The zero-order valence-electron chi connectivity index (χ0n) is 19.1. The molecule has 0 spiro atoms. The summed E-state index contributed by atoms with van der Waals surface area (Å²) >= 11 is 6.13. The Labute approximate surface area is 197 Å². The summed E-state index contributed by atoms with van der Waals surface area (Å²) in [6.07, 6.45) is -0.613. The highest BCUT2D eigenvalue weighted by Gasteiger charge is 2.30. The van der Waals surface area contributed by atoms with Crippen LogP contribution in [-0.4, -0.2) is 57.5 Å². The first kappa shape index (κ1) is 25.0. The predicted molar refractivity (Wildman–Crippen MR) is 126 cm³/mol. The van der Waals surface area contributed by atoms with E-state index in [4.69, 9.17) is 16.3 Å². The average Bonchev–Trinajstić information content (AvgIpc) is 3.23. The molecule has 0 aliphatic carbocycles. The summed E-state index contributed by atoms with van der Waals surface area (Å²) < 4.78 is 37.6. The van der Waals surface area contributed by atoms with E-state index >= 15 is 0 Å². The van der Waals surface area contributed by atoms with Gasteiger partial charge in [0.1, 0.15) is 11.9 Å². The number of rotatable bonds is 9. The fourth-order valence-corrected chi connectivity index (χ4v) is 5.08. The van der Waals surface area contributed by atoms with Gasteiger partial charge in [-0.1, -0.05) is 11.6 Å². The molecule has 2 N–H and O–H groups in total. The zero-order valence-corrected chi connectivity index (χ0v) is 20.7. The van der Waals surface area contributed by atoms with E-state index in [2.05, 4.69) is 9.82 Å². The largest absolute Gasteiger partial charge is 0.464 e. The number of fused-ring (bicyclic) bond motifs is 1. The average molecular weight is 498 g/mol. The van der Waals surface area contributed by atoms with Crippen LogP contribution in [0.5, 0.6) is 0 Å². The van der Waals surface area contributed by atoms with Gasteiger partial charge >= 0.3 is 16.3 Å². The van der Waals surface area contributed by atoms with E-state index in [0.29, 0.717) is 26.4 Å². The third-order valence-corrected chi connectivity index (χ3v) is 6.88. The lowest BCUT2D eigenvalue weighted by molar-refractivity contribution is 0.00939. The first-order valence-corrected chi connectivity index (χ1v) is 12.2. The topological polar surface area (TPSA) is 119 Å². The molecule has 1 unspecified atom stereocenters. The zero-order chi connectivity index (χ0) is 24.5. The van der Waals surface area contributed by atoms with Crippen LogP contribution in [0.15, 0.2) is 30.5 Å². The van der Waals surface area contributed by atoms with Gasteiger partial charge in [0.15, 0.2) is 0 Å². The van der Waals surface area contributed by atoms with E-state index in [-0.39, 0.29) is 19.2 Å². The normalized spacial score (nSPS) is 13.1. The number of hydrogen-bond acceptors (Lipinski definition) is 5. The van der Waals surface area contributed by atoms with Gasteiger partial charge in [0.05, 0.1) is 17.3 Å². The van der Waals surface area contributed by atoms with Crippen molar-refractivity contribution in [1.29, 1.82) is 0 Å². The quantitative estimate of drug-likeness (QED) is 0.466. The molecule has 1 aromatic carbocycles. The molecule has 1 amide bonds. The van der Waals surface area contributed by atoms with E-state index in [1.54, 1.807) is 17.8 Å². The Morgan fingerprint density at radius 3 is 2.64 bits per heavy atom. The molecule has 2 heterocycles. The van der Waals surface area contributed by atoms with Crippen molar-refractivity contribution in [3.63, 3.8) is 0 Å². The summed E-state index contributed by atoms with van der Waals surface area (Å²) in [6, 6.07) is 7.49. The molecule has 180 valence electrons. The summed E-state index contributed by atoms with van der Waals surface area (Å²) in [5, 5.41) is 15.3. The summed E-state index contributed by atoms with van der Waals surface area (Å²) in [6.45, 7) is 6.57. The second-order valence-electron chi connectivity index (χ2n) is 7.81. The van der Waals surface area contributed by atoms with Crippen molar-refractivity contribution in [3.05, 3.63) is 46.7 Å².